The third-order valence-corrected chi connectivity index (χ3v) is 5.52. The molecule has 6 heteroatoms. The minimum Gasteiger partial charge on any atom is -0.743 e. The van der Waals surface area contributed by atoms with Gasteiger partial charge in [0.25, 0.3) is 0 Å². The Kier molecular flexibility index (Phi) is 5.60. The molecule has 0 spiro atoms. The van der Waals surface area contributed by atoms with Gasteiger partial charge in [-0.3, -0.25) is 0 Å². The summed E-state index contributed by atoms with van der Waals surface area (Å²) in [4.78, 5) is 0.768. The van der Waals surface area contributed by atoms with Crippen LogP contribution < -0.4 is 29.6 Å². The van der Waals surface area contributed by atoms with Gasteiger partial charge in [0.05, 0.1) is 0 Å². The van der Waals surface area contributed by atoms with Gasteiger partial charge in [0.1, 0.15) is 14.3 Å². The molecule has 0 fully saturated rings. The largest absolute Gasteiger partial charge is 1.00 e. The second kappa shape index (κ2) is 7.08. The molecule has 0 aliphatic carbocycles. The van der Waals surface area contributed by atoms with Crippen LogP contribution in [0.25, 0.3) is 21.6 Å². The molecule has 0 saturated heterocycles. The van der Waals surface area contributed by atoms with Crippen molar-refractivity contribution in [3.8, 4) is 21.6 Å². The second-order valence-electron chi connectivity index (χ2n) is 4.52. The molecule has 3 nitrogen and oxygen atoms in total. The number of hydrogen-bond donors (Lipinski definition) is 0. The number of hydrogen-bond acceptors (Lipinski definition) is 4. The molecule has 0 saturated carbocycles. The van der Waals surface area contributed by atoms with Crippen molar-refractivity contribution in [3.63, 3.8) is 0 Å². The summed E-state index contributed by atoms with van der Waals surface area (Å²) in [6.07, 6.45) is 0. The van der Waals surface area contributed by atoms with Crippen molar-refractivity contribution >= 4 is 21.5 Å². The van der Waals surface area contributed by atoms with Crippen LogP contribution in [0.5, 0.6) is 0 Å². The van der Waals surface area contributed by atoms with Crippen molar-refractivity contribution in [2.45, 2.75) is 4.21 Å². The molecule has 1 heterocycles. The molecule has 106 valence electrons. The molecule has 0 aliphatic heterocycles. The van der Waals surface area contributed by atoms with Gasteiger partial charge in [-0.15, -0.1) is 11.3 Å². The van der Waals surface area contributed by atoms with Gasteiger partial charge in [-0.25, -0.2) is 8.42 Å². The van der Waals surface area contributed by atoms with E-state index < -0.39 is 10.1 Å². The van der Waals surface area contributed by atoms with E-state index in [1.54, 1.807) is 6.07 Å². The topological polar surface area (TPSA) is 57.2 Å². The van der Waals surface area contributed by atoms with E-state index in [1.807, 2.05) is 54.6 Å². The van der Waals surface area contributed by atoms with E-state index in [0.29, 0.717) is 0 Å². The minimum atomic E-state index is -4.37. The van der Waals surface area contributed by atoms with Gasteiger partial charge >= 0.3 is 29.6 Å². The fraction of sp³-hybridized carbons (Fsp3) is 0. The van der Waals surface area contributed by atoms with E-state index in [4.69, 9.17) is 0 Å². The molecule has 3 aromatic rings. The summed E-state index contributed by atoms with van der Waals surface area (Å²) in [6, 6.07) is 20.8. The molecule has 2 aromatic carbocycles. The van der Waals surface area contributed by atoms with Crippen LogP contribution in [0.3, 0.4) is 0 Å². The second-order valence-corrected chi connectivity index (χ2v) is 7.21. The molecular formula is C16H11NaO3S2. The zero-order chi connectivity index (χ0) is 14.9. The summed E-state index contributed by atoms with van der Waals surface area (Å²) in [5.74, 6) is 0. The zero-order valence-corrected chi connectivity index (χ0v) is 15.5. The molecule has 1 aromatic heterocycles. The van der Waals surface area contributed by atoms with E-state index >= 15 is 0 Å². The van der Waals surface area contributed by atoms with Crippen molar-refractivity contribution in [2.24, 2.45) is 0 Å². The van der Waals surface area contributed by atoms with Gasteiger partial charge in [-0.05, 0) is 28.8 Å². The average molecular weight is 338 g/mol. The molecule has 0 unspecified atom stereocenters. The van der Waals surface area contributed by atoms with E-state index in [1.165, 1.54) is 6.07 Å². The molecule has 0 bridgehead atoms. The van der Waals surface area contributed by atoms with Crippen LogP contribution in [0.2, 0.25) is 0 Å². The van der Waals surface area contributed by atoms with Gasteiger partial charge in [0, 0.05) is 4.88 Å². The normalized spacial score (nSPS) is 11.0. The average Bonchev–Trinajstić information content (AvgIpc) is 2.98. The van der Waals surface area contributed by atoms with Crippen LogP contribution in [-0.4, -0.2) is 13.0 Å². The smallest absolute Gasteiger partial charge is 0.743 e. The maximum absolute atomic E-state index is 11.0. The van der Waals surface area contributed by atoms with Crippen LogP contribution in [0.4, 0.5) is 0 Å². The molecule has 0 amide bonds. The SMILES string of the molecule is O=S(=O)([O-])c1ccc(-c2ccc(-c3ccccc3)cc2)s1.[Na+]. The maximum atomic E-state index is 11.0. The van der Waals surface area contributed by atoms with Gasteiger partial charge in [-0.1, -0.05) is 54.6 Å². The predicted octanol–water partition coefficient (Wildman–Crippen LogP) is 0.990. The summed E-state index contributed by atoms with van der Waals surface area (Å²) in [5.41, 5.74) is 3.11. The van der Waals surface area contributed by atoms with Crippen LogP contribution in [0.1, 0.15) is 0 Å². The molecule has 3 rings (SSSR count). The van der Waals surface area contributed by atoms with Gasteiger partial charge in [0.2, 0.25) is 0 Å². The first-order valence-corrected chi connectivity index (χ1v) is 8.48. The van der Waals surface area contributed by atoms with Crippen LogP contribution in [0.15, 0.2) is 70.9 Å². The molecule has 0 radical (unpaired) electrons. The van der Waals surface area contributed by atoms with Crippen LogP contribution >= 0.6 is 11.3 Å². The van der Waals surface area contributed by atoms with Gasteiger partial charge in [-0.2, -0.15) is 0 Å². The first-order valence-electron chi connectivity index (χ1n) is 6.26. The predicted molar refractivity (Wildman–Crippen MR) is 83.2 cm³/mol. The fourth-order valence-electron chi connectivity index (χ4n) is 2.07. The summed E-state index contributed by atoms with van der Waals surface area (Å²) in [7, 11) is -4.37. The van der Waals surface area contributed by atoms with E-state index in [-0.39, 0.29) is 33.8 Å². The number of thiophene rings is 1. The Bertz CT molecular complexity index is 854. The minimum absolute atomic E-state index is 0. The summed E-state index contributed by atoms with van der Waals surface area (Å²) in [6.45, 7) is 0. The Hall–Kier alpha value is -0.950. The summed E-state index contributed by atoms with van der Waals surface area (Å²) >= 11 is 0.994. The monoisotopic (exact) mass is 338 g/mol. The molecule has 0 atom stereocenters. The summed E-state index contributed by atoms with van der Waals surface area (Å²) < 4.78 is 32.8. The van der Waals surface area contributed by atoms with Crippen molar-refractivity contribution in [2.75, 3.05) is 0 Å². The molecule has 0 N–H and O–H groups in total. The number of rotatable bonds is 3. The third-order valence-electron chi connectivity index (χ3n) is 3.10. The Morgan fingerprint density at radius 1 is 0.727 bits per heavy atom. The maximum Gasteiger partial charge on any atom is 1.00 e. The fourth-order valence-corrected chi connectivity index (χ4v) is 3.72. The van der Waals surface area contributed by atoms with Crippen molar-refractivity contribution in [1.82, 2.24) is 0 Å². The van der Waals surface area contributed by atoms with Crippen molar-refractivity contribution in [1.29, 1.82) is 0 Å². The van der Waals surface area contributed by atoms with Crippen LogP contribution in [0, 0.1) is 0 Å². The molecular weight excluding hydrogens is 327 g/mol. The van der Waals surface area contributed by atoms with E-state index in [0.717, 1.165) is 32.9 Å². The van der Waals surface area contributed by atoms with Crippen LogP contribution in [-0.2, 0) is 10.1 Å². The first kappa shape index (κ1) is 17.4. The Morgan fingerprint density at radius 3 is 1.82 bits per heavy atom. The zero-order valence-electron chi connectivity index (χ0n) is 11.9. The standard InChI is InChI=1S/C16H12O3S2.Na/c17-21(18,19)16-11-10-15(20-16)14-8-6-13(7-9-14)12-4-2-1-3-5-12;/h1-11H,(H,17,18,19);/q;+1/p-1. The first-order chi connectivity index (χ1) is 10.0. The Morgan fingerprint density at radius 2 is 1.27 bits per heavy atom. The quantitative estimate of drug-likeness (QED) is 0.529. The summed E-state index contributed by atoms with van der Waals surface area (Å²) in [5, 5.41) is 0. The Labute approximate surface area is 155 Å². The van der Waals surface area contributed by atoms with Crippen molar-refractivity contribution in [3.05, 3.63) is 66.7 Å². The molecule has 0 aliphatic rings. The van der Waals surface area contributed by atoms with E-state index in [2.05, 4.69) is 0 Å². The molecule has 22 heavy (non-hydrogen) atoms. The van der Waals surface area contributed by atoms with Gasteiger partial charge < -0.3 is 4.55 Å². The third kappa shape index (κ3) is 3.87. The van der Waals surface area contributed by atoms with E-state index in [9.17, 15) is 13.0 Å². The Balaban J connectivity index is 0.00000176. The van der Waals surface area contributed by atoms with Crippen molar-refractivity contribution < 1.29 is 42.5 Å². The number of benzene rings is 2. The van der Waals surface area contributed by atoms with Gasteiger partial charge in [0.15, 0.2) is 0 Å².